The zero-order chi connectivity index (χ0) is 15.1. The predicted octanol–water partition coefficient (Wildman–Crippen LogP) is 4.60. The summed E-state index contributed by atoms with van der Waals surface area (Å²) in [5.41, 5.74) is -0.656. The summed E-state index contributed by atoms with van der Waals surface area (Å²) in [6.07, 6.45) is 0. The van der Waals surface area contributed by atoms with Gasteiger partial charge in [0.2, 0.25) is 0 Å². The molecule has 0 fully saturated rings. The van der Waals surface area contributed by atoms with Gasteiger partial charge >= 0.3 is 0 Å². The molecule has 1 nitrogen and oxygen atoms in total. The number of fused-ring (bicyclic) bond motifs is 1. The van der Waals surface area contributed by atoms with Crippen LogP contribution in [0.4, 0.5) is 22.0 Å². The van der Waals surface area contributed by atoms with Crippen LogP contribution >= 0.6 is 0 Å². The summed E-state index contributed by atoms with van der Waals surface area (Å²) in [4.78, 5) is 3.71. The summed E-state index contributed by atoms with van der Waals surface area (Å²) < 4.78 is 67.9. The third-order valence-electron chi connectivity index (χ3n) is 3.04. The lowest BCUT2D eigenvalue weighted by Gasteiger charge is -2.08. The lowest BCUT2D eigenvalue weighted by atomic mass is 10.1. The molecule has 1 heterocycles. The maximum atomic E-state index is 14.0. The Balaban J connectivity index is 2.41. The van der Waals surface area contributed by atoms with Gasteiger partial charge in [0.15, 0.2) is 29.1 Å². The minimum absolute atomic E-state index is 0.237. The number of benzene rings is 2. The molecule has 0 saturated heterocycles. The fourth-order valence-corrected chi connectivity index (χ4v) is 2.05. The van der Waals surface area contributed by atoms with Crippen molar-refractivity contribution in [2.45, 2.75) is 0 Å². The van der Waals surface area contributed by atoms with Gasteiger partial charge in [0.25, 0.3) is 0 Å². The maximum absolute atomic E-state index is 14.0. The van der Waals surface area contributed by atoms with Gasteiger partial charge < -0.3 is 0 Å². The van der Waals surface area contributed by atoms with Gasteiger partial charge in [-0.15, -0.1) is 0 Å². The quantitative estimate of drug-likeness (QED) is 0.472. The van der Waals surface area contributed by atoms with Crippen LogP contribution in [0.3, 0.4) is 0 Å². The van der Waals surface area contributed by atoms with E-state index in [1.807, 2.05) is 0 Å². The lowest BCUT2D eigenvalue weighted by Crippen LogP contribution is -2.01. The Bertz CT molecular complexity index is 846. The van der Waals surface area contributed by atoms with Gasteiger partial charge in [-0.1, -0.05) is 30.3 Å². The minimum atomic E-state index is -1.87. The molecule has 106 valence electrons. The number of nitrogens with zero attached hydrogens (tertiary/aromatic N) is 1. The number of hydrogen-bond donors (Lipinski definition) is 0. The van der Waals surface area contributed by atoms with E-state index in [1.165, 1.54) is 12.1 Å². The molecule has 3 rings (SSSR count). The minimum Gasteiger partial charge on any atom is -0.244 e. The predicted molar refractivity (Wildman–Crippen MR) is 67.0 cm³/mol. The van der Waals surface area contributed by atoms with Gasteiger partial charge in [-0.25, -0.2) is 26.9 Å². The molecule has 0 bridgehead atoms. The van der Waals surface area contributed by atoms with E-state index in [1.54, 1.807) is 18.2 Å². The summed E-state index contributed by atoms with van der Waals surface area (Å²) in [6.45, 7) is 0. The van der Waals surface area contributed by atoms with Crippen LogP contribution < -0.4 is 0 Å². The fraction of sp³-hybridized carbons (Fsp3) is 0. The molecule has 0 aliphatic carbocycles. The van der Waals surface area contributed by atoms with Crippen molar-refractivity contribution in [3.05, 3.63) is 65.5 Å². The summed E-state index contributed by atoms with van der Waals surface area (Å²) in [7, 11) is 0. The van der Waals surface area contributed by atoms with E-state index in [4.69, 9.17) is 0 Å². The summed E-state index contributed by atoms with van der Waals surface area (Å²) in [5.74, 6) is -8.20. The van der Waals surface area contributed by atoms with Crippen LogP contribution in [-0.4, -0.2) is 4.98 Å². The van der Waals surface area contributed by atoms with E-state index >= 15 is 0 Å². The maximum Gasteiger partial charge on any atom is 0.195 e. The molecule has 21 heavy (non-hydrogen) atoms. The monoisotopic (exact) mass is 295 g/mol. The molecule has 3 aromatic rings. The van der Waals surface area contributed by atoms with Crippen LogP contribution in [0.5, 0.6) is 0 Å². The number of rotatable bonds is 1. The van der Waals surface area contributed by atoms with Gasteiger partial charge in [0.05, 0.1) is 10.9 Å². The van der Waals surface area contributed by atoms with Crippen molar-refractivity contribution < 1.29 is 22.0 Å². The number of aromatic nitrogens is 1. The first kappa shape index (κ1) is 13.5. The van der Waals surface area contributed by atoms with E-state index in [-0.39, 0.29) is 5.56 Å². The van der Waals surface area contributed by atoms with Crippen LogP contribution in [0.15, 0.2) is 36.4 Å². The SMILES string of the molecule is Fc1cc2nc(-c3ccccc3)c(F)c(F)c2c(F)c1F. The molecule has 0 spiro atoms. The van der Waals surface area contributed by atoms with Gasteiger partial charge in [-0.2, -0.15) is 0 Å². The highest BCUT2D eigenvalue weighted by atomic mass is 19.2. The summed E-state index contributed by atoms with van der Waals surface area (Å²) >= 11 is 0. The molecule has 6 heteroatoms. The Labute approximate surface area is 115 Å². The molecule has 0 radical (unpaired) electrons. The first-order chi connectivity index (χ1) is 10.0. The van der Waals surface area contributed by atoms with E-state index < -0.39 is 45.7 Å². The van der Waals surface area contributed by atoms with Crippen molar-refractivity contribution >= 4 is 10.9 Å². The molecule has 1 aromatic heterocycles. The average molecular weight is 295 g/mol. The molecular formula is C15H6F5N. The second-order valence-corrected chi connectivity index (χ2v) is 4.33. The van der Waals surface area contributed by atoms with Crippen LogP contribution in [0.25, 0.3) is 22.2 Å². The Kier molecular flexibility index (Phi) is 3.08. The molecular weight excluding hydrogens is 289 g/mol. The molecule has 0 atom stereocenters. The van der Waals surface area contributed by atoms with Crippen molar-refractivity contribution in [3.63, 3.8) is 0 Å². The Morgan fingerprint density at radius 2 is 1.33 bits per heavy atom. The zero-order valence-corrected chi connectivity index (χ0v) is 10.3. The third kappa shape index (κ3) is 2.03. The van der Waals surface area contributed by atoms with Crippen molar-refractivity contribution in [1.82, 2.24) is 4.98 Å². The summed E-state index contributed by atoms with van der Waals surface area (Å²) in [6, 6.07) is 8.27. The van der Waals surface area contributed by atoms with E-state index in [0.29, 0.717) is 6.07 Å². The molecule has 0 N–H and O–H groups in total. The molecule has 0 amide bonds. The Hall–Kier alpha value is -2.50. The fourth-order valence-electron chi connectivity index (χ4n) is 2.05. The average Bonchev–Trinajstić information content (AvgIpc) is 2.49. The second kappa shape index (κ2) is 4.80. The number of hydrogen-bond acceptors (Lipinski definition) is 1. The first-order valence-electron chi connectivity index (χ1n) is 5.88. The van der Waals surface area contributed by atoms with Crippen molar-refractivity contribution in [2.75, 3.05) is 0 Å². The Morgan fingerprint density at radius 1 is 0.714 bits per heavy atom. The lowest BCUT2D eigenvalue weighted by molar-refractivity contribution is 0.447. The van der Waals surface area contributed by atoms with E-state index in [9.17, 15) is 22.0 Å². The van der Waals surface area contributed by atoms with Crippen molar-refractivity contribution in [3.8, 4) is 11.3 Å². The van der Waals surface area contributed by atoms with Gasteiger partial charge in [0.1, 0.15) is 5.69 Å². The number of pyridine rings is 1. The van der Waals surface area contributed by atoms with Crippen LogP contribution in [0.2, 0.25) is 0 Å². The smallest absolute Gasteiger partial charge is 0.195 e. The topological polar surface area (TPSA) is 12.9 Å². The first-order valence-corrected chi connectivity index (χ1v) is 5.88. The third-order valence-corrected chi connectivity index (χ3v) is 3.04. The van der Waals surface area contributed by atoms with Crippen LogP contribution in [0.1, 0.15) is 0 Å². The molecule has 0 aliphatic rings. The van der Waals surface area contributed by atoms with Gasteiger partial charge in [-0.05, 0) is 0 Å². The molecule has 0 aliphatic heterocycles. The molecule has 2 aromatic carbocycles. The highest BCUT2D eigenvalue weighted by Gasteiger charge is 2.23. The molecule has 0 saturated carbocycles. The van der Waals surface area contributed by atoms with Crippen LogP contribution in [0, 0.1) is 29.1 Å². The van der Waals surface area contributed by atoms with Crippen molar-refractivity contribution in [2.24, 2.45) is 0 Å². The molecule has 0 unspecified atom stereocenters. The van der Waals surface area contributed by atoms with Crippen molar-refractivity contribution in [1.29, 1.82) is 0 Å². The van der Waals surface area contributed by atoms with Gasteiger partial charge in [-0.3, -0.25) is 0 Å². The Morgan fingerprint density at radius 3 is 2.00 bits per heavy atom. The highest BCUT2D eigenvalue weighted by molar-refractivity contribution is 5.83. The largest absolute Gasteiger partial charge is 0.244 e. The normalized spacial score (nSPS) is 11.1. The van der Waals surface area contributed by atoms with E-state index in [0.717, 1.165) is 0 Å². The van der Waals surface area contributed by atoms with E-state index in [2.05, 4.69) is 4.98 Å². The highest BCUT2D eigenvalue weighted by Crippen LogP contribution is 2.30. The standard InChI is InChI=1S/C15H6F5N/c16-8-6-9-10(12(18)11(8)17)13(19)14(20)15(21-9)7-4-2-1-3-5-7/h1-6H. The summed E-state index contributed by atoms with van der Waals surface area (Å²) in [5, 5.41) is -1.01. The van der Waals surface area contributed by atoms with Crippen LogP contribution in [-0.2, 0) is 0 Å². The second-order valence-electron chi connectivity index (χ2n) is 4.33. The zero-order valence-electron chi connectivity index (χ0n) is 10.3. The van der Waals surface area contributed by atoms with Gasteiger partial charge in [0, 0.05) is 11.6 Å². The number of halogens is 5.